The lowest BCUT2D eigenvalue weighted by Crippen LogP contribution is -2.50. The van der Waals surface area contributed by atoms with E-state index in [1.165, 1.54) is 17.8 Å². The molecule has 1 saturated heterocycles. The number of alkyl carbamates (subject to hydrolysis) is 1. The molecule has 54 heavy (non-hydrogen) atoms. The van der Waals surface area contributed by atoms with Gasteiger partial charge >= 0.3 is 12.2 Å². The lowest BCUT2D eigenvalue weighted by Gasteiger charge is -2.27. The van der Waals surface area contributed by atoms with E-state index in [2.05, 4.69) is 15.5 Å². The zero-order chi connectivity index (χ0) is 37.8. The number of nitrogens with zero attached hydrogens (tertiary/aromatic N) is 4. The fourth-order valence-corrected chi connectivity index (χ4v) is 7.89. The lowest BCUT2D eigenvalue weighted by atomic mass is 10.1. The molecule has 1 N–H and O–H groups in total. The summed E-state index contributed by atoms with van der Waals surface area (Å²) in [4.78, 5) is 48.1. The molecule has 3 aromatic carbocycles. The van der Waals surface area contributed by atoms with Crippen LogP contribution in [0, 0.1) is 5.82 Å². The number of rotatable bonds is 9. The van der Waals surface area contributed by atoms with E-state index in [4.69, 9.17) is 18.7 Å². The van der Waals surface area contributed by atoms with Crippen LogP contribution in [0.2, 0.25) is 0 Å². The summed E-state index contributed by atoms with van der Waals surface area (Å²) in [6, 6.07) is 19.0. The van der Waals surface area contributed by atoms with Gasteiger partial charge in [-0.2, -0.15) is 4.98 Å². The molecule has 14 heteroatoms. The lowest BCUT2D eigenvalue weighted by molar-refractivity contribution is -0.120. The highest BCUT2D eigenvalue weighted by atomic mass is 32.2. The summed E-state index contributed by atoms with van der Waals surface area (Å²) in [5.41, 5.74) is 1.44. The first-order valence-corrected chi connectivity index (χ1v) is 19.3. The Morgan fingerprint density at radius 1 is 1.02 bits per heavy atom. The smallest absolute Gasteiger partial charge is 0.410 e. The maximum atomic E-state index is 15.9. The van der Waals surface area contributed by atoms with Crippen molar-refractivity contribution in [1.29, 1.82) is 0 Å². The first-order valence-electron chi connectivity index (χ1n) is 18.3. The van der Waals surface area contributed by atoms with Crippen LogP contribution in [-0.2, 0) is 27.4 Å². The van der Waals surface area contributed by atoms with Crippen molar-refractivity contribution in [3.05, 3.63) is 89.6 Å². The highest BCUT2D eigenvalue weighted by Gasteiger charge is 2.36. The van der Waals surface area contributed by atoms with Crippen LogP contribution >= 0.6 is 11.8 Å². The Kier molecular flexibility index (Phi) is 11.1. The molecule has 0 spiro atoms. The van der Waals surface area contributed by atoms with E-state index >= 15 is 4.39 Å². The van der Waals surface area contributed by atoms with Gasteiger partial charge in [0.25, 0.3) is 5.91 Å². The van der Waals surface area contributed by atoms with Crippen LogP contribution in [-0.4, -0.2) is 69.7 Å². The van der Waals surface area contributed by atoms with Gasteiger partial charge in [-0.05, 0) is 88.3 Å². The molecule has 1 aromatic heterocycles. The third-order valence-corrected chi connectivity index (χ3v) is 10.7. The van der Waals surface area contributed by atoms with Gasteiger partial charge in [-0.3, -0.25) is 4.79 Å². The van der Waals surface area contributed by atoms with Gasteiger partial charge in [0.1, 0.15) is 29.8 Å². The summed E-state index contributed by atoms with van der Waals surface area (Å²) >= 11 is 1.26. The third kappa shape index (κ3) is 8.98. The number of benzene rings is 3. The summed E-state index contributed by atoms with van der Waals surface area (Å²) in [6.45, 7) is 6.31. The van der Waals surface area contributed by atoms with Gasteiger partial charge in [-0.15, -0.1) is 11.8 Å². The van der Waals surface area contributed by atoms with Crippen LogP contribution in [0.4, 0.5) is 19.7 Å². The fourth-order valence-electron chi connectivity index (χ4n) is 6.81. The fraction of sp³-hybridized carbons (Fsp3) is 0.425. The third-order valence-electron chi connectivity index (χ3n) is 9.55. The molecule has 4 aromatic rings. The van der Waals surface area contributed by atoms with E-state index in [-0.39, 0.29) is 54.1 Å². The average Bonchev–Trinajstić information content (AvgIpc) is 3.94. The molecule has 3 heterocycles. The largest absolute Gasteiger partial charge is 0.490 e. The molecule has 0 radical (unpaired) electrons. The van der Waals surface area contributed by atoms with Crippen LogP contribution in [0.15, 0.2) is 76.1 Å². The number of halogens is 1. The average molecular weight is 758 g/mol. The number of hydrogen-bond acceptors (Lipinski definition) is 10. The molecule has 284 valence electrons. The van der Waals surface area contributed by atoms with Gasteiger partial charge in [0.15, 0.2) is 0 Å². The molecule has 2 aliphatic heterocycles. The Bertz CT molecular complexity index is 1960. The SMILES string of the molecule is CC(C)(C)OC(=O)N[C@H]1CSc2cc(F)c(-c3noc(C4CCN(C(=O)OCc5ccccc5)C4)n3)cc2N(Cc2ccc(OC3CCCC3)cc2)C1=O. The Balaban J connectivity index is 1.11. The minimum absolute atomic E-state index is 0.0221. The highest BCUT2D eigenvalue weighted by molar-refractivity contribution is 7.99. The normalized spacial score (nSPS) is 19.0. The topological polar surface area (TPSA) is 136 Å². The second-order valence-corrected chi connectivity index (χ2v) is 15.9. The van der Waals surface area contributed by atoms with Crippen LogP contribution in [0.1, 0.15) is 75.8 Å². The molecular weight excluding hydrogens is 714 g/mol. The Labute approximate surface area is 317 Å². The number of ether oxygens (including phenoxy) is 3. The molecule has 1 unspecified atom stereocenters. The number of carbonyl (C=O) groups excluding carboxylic acids is 3. The van der Waals surface area contributed by atoms with E-state index in [1.54, 1.807) is 36.6 Å². The number of fused-ring (bicyclic) bond motifs is 1. The number of likely N-dealkylation sites (tertiary alicyclic amines) is 1. The minimum Gasteiger partial charge on any atom is -0.490 e. The number of anilines is 1. The zero-order valence-corrected chi connectivity index (χ0v) is 31.4. The van der Waals surface area contributed by atoms with Crippen molar-refractivity contribution in [2.75, 3.05) is 23.7 Å². The number of amides is 3. The van der Waals surface area contributed by atoms with Crippen molar-refractivity contribution in [2.45, 2.75) is 94.6 Å². The van der Waals surface area contributed by atoms with Crippen LogP contribution in [0.3, 0.4) is 0 Å². The van der Waals surface area contributed by atoms with Gasteiger partial charge in [0, 0.05) is 23.7 Å². The molecule has 1 saturated carbocycles. The van der Waals surface area contributed by atoms with Gasteiger partial charge in [0.05, 0.1) is 29.8 Å². The molecule has 3 aliphatic rings. The molecular formula is C40H44FN5O7S. The molecule has 1 aliphatic carbocycles. The van der Waals surface area contributed by atoms with Crippen molar-refractivity contribution >= 4 is 35.5 Å². The van der Waals surface area contributed by atoms with Crippen molar-refractivity contribution in [3.63, 3.8) is 0 Å². The van der Waals surface area contributed by atoms with Gasteiger partial charge in [-0.1, -0.05) is 47.6 Å². The van der Waals surface area contributed by atoms with Crippen molar-refractivity contribution in [1.82, 2.24) is 20.4 Å². The first-order chi connectivity index (χ1) is 26.0. The minimum atomic E-state index is -0.949. The zero-order valence-electron chi connectivity index (χ0n) is 30.6. The summed E-state index contributed by atoms with van der Waals surface area (Å²) in [6.07, 6.45) is 4.02. The summed E-state index contributed by atoms with van der Waals surface area (Å²) in [5.74, 6) is -0.00317. The van der Waals surface area contributed by atoms with Crippen LogP contribution < -0.4 is 15.0 Å². The summed E-state index contributed by atoms with van der Waals surface area (Å²) in [5, 5.41) is 6.84. The summed E-state index contributed by atoms with van der Waals surface area (Å²) in [7, 11) is 0. The second-order valence-electron chi connectivity index (χ2n) is 14.8. The van der Waals surface area contributed by atoms with E-state index in [0.717, 1.165) is 42.6 Å². The predicted octanol–water partition coefficient (Wildman–Crippen LogP) is 7.86. The maximum absolute atomic E-state index is 15.9. The predicted molar refractivity (Wildman–Crippen MR) is 200 cm³/mol. The van der Waals surface area contributed by atoms with Crippen molar-refractivity contribution < 1.29 is 37.5 Å². The Morgan fingerprint density at radius 3 is 2.52 bits per heavy atom. The Morgan fingerprint density at radius 2 is 1.78 bits per heavy atom. The molecule has 12 nitrogen and oxygen atoms in total. The first kappa shape index (κ1) is 37.2. The Hall–Kier alpha value is -5.11. The molecule has 2 fully saturated rings. The number of nitrogens with one attached hydrogen (secondary N) is 1. The van der Waals surface area contributed by atoms with E-state index in [9.17, 15) is 14.4 Å². The number of carbonyl (C=O) groups is 3. The molecule has 3 amide bonds. The number of thioether (sulfide) groups is 1. The van der Waals surface area contributed by atoms with Crippen molar-refractivity contribution in [3.8, 4) is 17.1 Å². The molecule has 7 rings (SSSR count). The van der Waals surface area contributed by atoms with Crippen molar-refractivity contribution in [2.24, 2.45) is 0 Å². The number of aromatic nitrogens is 2. The maximum Gasteiger partial charge on any atom is 0.410 e. The van der Waals surface area contributed by atoms with Gasteiger partial charge < -0.3 is 33.9 Å². The number of hydrogen-bond donors (Lipinski definition) is 1. The highest BCUT2D eigenvalue weighted by Crippen LogP contribution is 2.40. The quantitative estimate of drug-likeness (QED) is 0.180. The van der Waals surface area contributed by atoms with Gasteiger partial charge in [0.2, 0.25) is 11.7 Å². The van der Waals surface area contributed by atoms with E-state index in [0.29, 0.717) is 30.1 Å². The van der Waals surface area contributed by atoms with E-state index < -0.39 is 29.6 Å². The van der Waals surface area contributed by atoms with Crippen LogP contribution in [0.25, 0.3) is 11.4 Å². The van der Waals surface area contributed by atoms with Gasteiger partial charge in [-0.25, -0.2) is 14.0 Å². The monoisotopic (exact) mass is 757 g/mol. The molecule has 0 bridgehead atoms. The summed E-state index contributed by atoms with van der Waals surface area (Å²) < 4.78 is 38.6. The van der Waals surface area contributed by atoms with Crippen LogP contribution in [0.5, 0.6) is 5.75 Å². The second kappa shape index (κ2) is 16.1. The van der Waals surface area contributed by atoms with E-state index in [1.807, 2.05) is 54.6 Å². The molecule has 2 atom stereocenters. The standard InChI is InChI=1S/C40H44FN5O7S/c1-40(2,3)52-38(48)42-32-24-54-34-20-31(41)30(19-33(34)46(37(32)47)21-25-13-15-29(16-14-25)51-28-11-7-8-12-28)35-43-36(53-44-35)27-17-18-45(22-27)39(49)50-23-26-9-5-4-6-10-26/h4-6,9-10,13-16,19-20,27-28,32H,7-8,11-12,17-18,21-24H2,1-3H3,(H,42,48)/t27?,32-/m0/s1.